The molecule has 81 heavy (non-hydrogen) atoms. The summed E-state index contributed by atoms with van der Waals surface area (Å²) in [5.41, 5.74) is 0. The average Bonchev–Trinajstić information content (AvgIpc) is 3.53. The highest BCUT2D eigenvalue weighted by molar-refractivity contribution is 5.74. The number of aliphatic hydroxyl groups is 2. The molecule has 6 atom stereocenters. The first kappa shape index (κ1) is 75.7. The molecule has 0 spiro atoms. The van der Waals surface area contributed by atoms with Crippen molar-refractivity contribution in [2.24, 2.45) is 0 Å². The highest BCUT2D eigenvalue weighted by atomic mass is 16.7. The Labute approximate surface area is 494 Å². The van der Waals surface area contributed by atoms with Crippen molar-refractivity contribution in [3.05, 3.63) is 48.6 Å². The van der Waals surface area contributed by atoms with E-state index in [0.29, 0.717) is 19.3 Å². The van der Waals surface area contributed by atoms with Gasteiger partial charge in [-0.05, 0) is 103 Å². The first-order valence-corrected chi connectivity index (χ1v) is 33.6. The van der Waals surface area contributed by atoms with Gasteiger partial charge in [0.1, 0.15) is 18.8 Å². The predicted octanol–water partition coefficient (Wildman–Crippen LogP) is 18.1. The van der Waals surface area contributed by atoms with E-state index in [2.05, 4.69) is 69.4 Å². The molecule has 12 nitrogen and oxygen atoms in total. The molecule has 6 unspecified atom stereocenters. The fourth-order valence-electron chi connectivity index (χ4n) is 10.2. The number of ether oxygens (including phenoxy) is 5. The number of esters is 3. The molecule has 0 aromatic heterocycles. The van der Waals surface area contributed by atoms with Gasteiger partial charge >= 0.3 is 23.9 Å². The highest BCUT2D eigenvalue weighted by Crippen LogP contribution is 2.27. The highest BCUT2D eigenvalue weighted by Gasteiger charge is 2.50. The molecule has 0 aliphatic carbocycles. The molecule has 0 bridgehead atoms. The summed E-state index contributed by atoms with van der Waals surface area (Å²) in [6.07, 6.45) is 57.7. The van der Waals surface area contributed by atoms with Crippen LogP contribution >= 0.6 is 0 Å². The zero-order valence-electron chi connectivity index (χ0n) is 52.0. The maximum Gasteiger partial charge on any atom is 0.335 e. The Morgan fingerprint density at radius 3 is 1.15 bits per heavy atom. The van der Waals surface area contributed by atoms with Gasteiger partial charge in [-0.2, -0.15) is 0 Å². The molecular weight excluding hydrogens is 1020 g/mol. The molecule has 0 saturated carbocycles. The van der Waals surface area contributed by atoms with Gasteiger partial charge in [0.15, 0.2) is 24.6 Å². The Morgan fingerprint density at radius 1 is 0.407 bits per heavy atom. The van der Waals surface area contributed by atoms with Gasteiger partial charge in [-0.25, -0.2) is 4.79 Å². The van der Waals surface area contributed by atoms with E-state index in [1.165, 1.54) is 141 Å². The summed E-state index contributed by atoms with van der Waals surface area (Å²) in [4.78, 5) is 51.4. The fourth-order valence-corrected chi connectivity index (χ4v) is 10.2. The van der Waals surface area contributed by atoms with Crippen LogP contribution < -0.4 is 0 Å². The number of unbranched alkanes of at least 4 members (excludes halogenated alkanes) is 36. The Kier molecular flexibility index (Phi) is 53.4. The Balaban J connectivity index is 2.65. The summed E-state index contributed by atoms with van der Waals surface area (Å²) < 4.78 is 28.6. The summed E-state index contributed by atoms with van der Waals surface area (Å²) in [5.74, 6) is -3.11. The number of allylic oxidation sites excluding steroid dienone is 8. The van der Waals surface area contributed by atoms with E-state index in [0.717, 1.165) is 116 Å². The largest absolute Gasteiger partial charge is 0.479 e. The number of carboxylic acid groups (broad SMARTS) is 1. The average molecular weight is 1140 g/mol. The zero-order chi connectivity index (χ0) is 58.9. The summed E-state index contributed by atoms with van der Waals surface area (Å²) in [7, 11) is 0. The third-order valence-corrected chi connectivity index (χ3v) is 15.3. The number of carbonyl (C=O) groups excluding carboxylic acids is 3. The smallest absolute Gasteiger partial charge is 0.335 e. The molecule has 1 aliphatic rings. The van der Waals surface area contributed by atoms with Gasteiger partial charge in [-0.3, -0.25) is 14.4 Å². The lowest BCUT2D eigenvalue weighted by Crippen LogP contribution is -2.61. The second-order valence-electron chi connectivity index (χ2n) is 23.1. The third kappa shape index (κ3) is 46.7. The number of hydrogen-bond donors (Lipinski definition) is 3. The normalized spacial score (nSPS) is 18.0. The van der Waals surface area contributed by atoms with Gasteiger partial charge in [0, 0.05) is 19.3 Å². The molecule has 1 fully saturated rings. The van der Waals surface area contributed by atoms with Gasteiger partial charge in [0.05, 0.1) is 6.61 Å². The van der Waals surface area contributed by atoms with Gasteiger partial charge in [-0.15, -0.1) is 0 Å². The lowest BCUT2D eigenvalue weighted by atomic mass is 9.98. The predicted molar refractivity (Wildman–Crippen MR) is 331 cm³/mol. The molecule has 12 heteroatoms. The number of aliphatic hydroxyl groups excluding tert-OH is 2. The SMILES string of the molecule is CCCCC/C=C\C/C=C\CCCCCCCCCC(=O)OC1C(OCC(COC(=O)CCCCCCCCC/C=C\CCCCCCCC)OC(=O)CCCCCCCCC/C=C\CCCCCCCC)OC(C(=O)O)C(O)C1O. The molecule has 0 aromatic rings. The third-order valence-electron chi connectivity index (χ3n) is 15.3. The van der Waals surface area contributed by atoms with Crippen LogP contribution in [0.1, 0.15) is 316 Å². The van der Waals surface area contributed by atoms with Crippen molar-refractivity contribution in [3.63, 3.8) is 0 Å². The Hall–Kier alpha value is -3.32. The van der Waals surface area contributed by atoms with Crippen molar-refractivity contribution in [2.45, 2.75) is 353 Å². The molecule has 470 valence electrons. The fraction of sp³-hybridized carbons (Fsp3) is 0.826. The first-order chi connectivity index (χ1) is 39.6. The van der Waals surface area contributed by atoms with Crippen LogP contribution in [0, 0.1) is 0 Å². The van der Waals surface area contributed by atoms with Crippen LogP contribution in [0.15, 0.2) is 48.6 Å². The molecule has 1 aliphatic heterocycles. The molecule has 1 saturated heterocycles. The summed E-state index contributed by atoms with van der Waals surface area (Å²) >= 11 is 0. The number of carbonyl (C=O) groups is 4. The van der Waals surface area contributed by atoms with Gasteiger partial charge < -0.3 is 39.0 Å². The minimum atomic E-state index is -1.91. The van der Waals surface area contributed by atoms with Crippen LogP contribution in [0.3, 0.4) is 0 Å². The van der Waals surface area contributed by atoms with Crippen molar-refractivity contribution < 1.29 is 58.2 Å². The molecule has 0 aromatic carbocycles. The van der Waals surface area contributed by atoms with Crippen LogP contribution in [0.25, 0.3) is 0 Å². The Morgan fingerprint density at radius 2 is 0.741 bits per heavy atom. The molecule has 1 rings (SSSR count). The minimum absolute atomic E-state index is 0.0523. The zero-order valence-corrected chi connectivity index (χ0v) is 52.0. The van der Waals surface area contributed by atoms with Crippen molar-refractivity contribution in [3.8, 4) is 0 Å². The number of hydrogen-bond acceptors (Lipinski definition) is 11. The second-order valence-corrected chi connectivity index (χ2v) is 23.1. The standard InChI is InChI=1S/C69H122O12/c1-4-7-10-13-16-19-22-25-28-31-34-37-40-43-46-49-52-55-61(70)77-58-60(79-62(71)56-53-50-47-44-41-38-35-32-29-26-23-20-17-14-11-8-5-2)59-78-69-67(65(74)64(73)66(81-69)68(75)76)80-63(72)57-54-51-48-45-42-39-36-33-30-27-24-21-18-15-12-9-6-3/h18,21,25-30,60,64-67,69,73-74H,4-17,19-20,22-24,31-59H2,1-3H3,(H,75,76)/b21-18-,28-25-,29-26-,30-27-. The van der Waals surface area contributed by atoms with Gasteiger partial charge in [-0.1, -0.05) is 243 Å². The van der Waals surface area contributed by atoms with Gasteiger partial charge in [0.2, 0.25) is 0 Å². The summed E-state index contributed by atoms with van der Waals surface area (Å²) in [6.45, 7) is 6.00. The molecule has 3 N–H and O–H groups in total. The molecule has 0 amide bonds. The number of carboxylic acids is 1. The Bertz CT molecular complexity index is 1590. The molecular formula is C69H122O12. The summed E-state index contributed by atoms with van der Waals surface area (Å²) in [5, 5.41) is 31.6. The van der Waals surface area contributed by atoms with Crippen LogP contribution in [-0.2, 0) is 42.9 Å². The lowest BCUT2D eigenvalue weighted by Gasteiger charge is -2.40. The van der Waals surface area contributed by atoms with Crippen LogP contribution in [-0.4, -0.2) is 89.2 Å². The van der Waals surface area contributed by atoms with E-state index in [9.17, 15) is 34.5 Å². The van der Waals surface area contributed by atoms with Gasteiger partial charge in [0.25, 0.3) is 0 Å². The topological polar surface area (TPSA) is 175 Å². The number of aliphatic carboxylic acids is 1. The lowest BCUT2D eigenvalue weighted by molar-refractivity contribution is -0.301. The summed E-state index contributed by atoms with van der Waals surface area (Å²) in [6, 6.07) is 0. The minimum Gasteiger partial charge on any atom is -0.479 e. The first-order valence-electron chi connectivity index (χ1n) is 33.6. The molecule has 1 heterocycles. The van der Waals surface area contributed by atoms with Crippen LogP contribution in [0.5, 0.6) is 0 Å². The van der Waals surface area contributed by atoms with E-state index in [4.69, 9.17) is 23.7 Å². The van der Waals surface area contributed by atoms with E-state index in [1.54, 1.807) is 0 Å². The molecule has 0 radical (unpaired) electrons. The quantitative estimate of drug-likeness (QED) is 0.0228. The second kappa shape index (κ2) is 57.1. The maximum atomic E-state index is 13.2. The van der Waals surface area contributed by atoms with E-state index in [-0.39, 0.29) is 25.9 Å². The number of rotatable bonds is 58. The van der Waals surface area contributed by atoms with E-state index < -0.39 is 67.3 Å². The van der Waals surface area contributed by atoms with Crippen molar-refractivity contribution in [1.82, 2.24) is 0 Å². The van der Waals surface area contributed by atoms with Crippen molar-refractivity contribution in [2.75, 3.05) is 13.2 Å². The monoisotopic (exact) mass is 1140 g/mol. The van der Waals surface area contributed by atoms with Crippen LogP contribution in [0.4, 0.5) is 0 Å². The van der Waals surface area contributed by atoms with E-state index >= 15 is 0 Å². The van der Waals surface area contributed by atoms with Crippen molar-refractivity contribution in [1.29, 1.82) is 0 Å². The van der Waals surface area contributed by atoms with Crippen LogP contribution in [0.2, 0.25) is 0 Å². The van der Waals surface area contributed by atoms with E-state index in [1.807, 2.05) is 0 Å². The maximum absolute atomic E-state index is 13.2. The van der Waals surface area contributed by atoms with Crippen molar-refractivity contribution >= 4 is 23.9 Å².